The molecule has 2 aromatic rings. The first-order valence-corrected chi connectivity index (χ1v) is 4.81. The van der Waals surface area contributed by atoms with Gasteiger partial charge >= 0.3 is 0 Å². The third-order valence-electron chi connectivity index (χ3n) is 2.33. The lowest BCUT2D eigenvalue weighted by Crippen LogP contribution is -2.22. The van der Waals surface area contributed by atoms with Crippen molar-refractivity contribution in [3.05, 3.63) is 46.0 Å². The number of aldehydes is 1. The van der Waals surface area contributed by atoms with E-state index >= 15 is 0 Å². The van der Waals surface area contributed by atoms with Crippen molar-refractivity contribution < 1.29 is 4.79 Å². The van der Waals surface area contributed by atoms with Gasteiger partial charge in [0.2, 0.25) is 0 Å². The minimum absolute atomic E-state index is 0.140. The molecule has 0 aliphatic heterocycles. The molecule has 0 aliphatic rings. The molecule has 0 radical (unpaired) electrons. The first-order chi connectivity index (χ1) is 7.63. The van der Waals surface area contributed by atoms with Crippen LogP contribution in [0.3, 0.4) is 0 Å². The fourth-order valence-corrected chi connectivity index (χ4v) is 1.60. The van der Waals surface area contributed by atoms with Gasteiger partial charge in [-0.3, -0.25) is 18.8 Å². The molecule has 0 unspecified atom stereocenters. The summed E-state index contributed by atoms with van der Waals surface area (Å²) in [6.45, 7) is 1.85. The van der Waals surface area contributed by atoms with E-state index in [0.29, 0.717) is 12.1 Å². The van der Waals surface area contributed by atoms with Crippen LogP contribution in [0.2, 0.25) is 0 Å². The van der Waals surface area contributed by atoms with Crippen molar-refractivity contribution in [3.63, 3.8) is 0 Å². The third-order valence-corrected chi connectivity index (χ3v) is 2.33. The van der Waals surface area contributed by atoms with Gasteiger partial charge in [0.05, 0.1) is 11.3 Å². The average Bonchev–Trinajstić information content (AvgIpc) is 2.58. The number of pyridine rings is 1. The Morgan fingerprint density at radius 1 is 1.44 bits per heavy atom. The number of aromatic nitrogens is 3. The number of carbonyl (C=O) groups excluding carboxylic acids is 1. The van der Waals surface area contributed by atoms with Gasteiger partial charge in [-0.25, -0.2) is 0 Å². The summed E-state index contributed by atoms with van der Waals surface area (Å²) in [5.74, 6) is 0.645. The predicted octanol–water partition coefficient (Wildman–Crippen LogP) is 0.692. The summed E-state index contributed by atoms with van der Waals surface area (Å²) in [4.78, 5) is 22.5. The van der Waals surface area contributed by atoms with E-state index in [0.717, 1.165) is 5.69 Å². The molecule has 5 heteroatoms. The fraction of sp³-hybridized carbons (Fsp3) is 0.182. The van der Waals surface area contributed by atoms with Crippen molar-refractivity contribution in [2.45, 2.75) is 6.92 Å². The van der Waals surface area contributed by atoms with Crippen LogP contribution in [0, 0.1) is 6.92 Å². The molecule has 5 nitrogen and oxygen atoms in total. The zero-order valence-corrected chi connectivity index (χ0v) is 9.04. The van der Waals surface area contributed by atoms with E-state index < -0.39 is 0 Å². The van der Waals surface area contributed by atoms with Crippen LogP contribution in [-0.2, 0) is 7.05 Å². The average molecular weight is 217 g/mol. The SMILES string of the molecule is Cc1cc(-n2cccc(C=O)c2=O)n(C)n1. The van der Waals surface area contributed by atoms with E-state index in [-0.39, 0.29) is 11.1 Å². The summed E-state index contributed by atoms with van der Waals surface area (Å²) in [7, 11) is 1.75. The standard InChI is InChI=1S/C11H11N3O2/c1-8-6-10(13(2)12-8)14-5-3-4-9(7-15)11(14)16/h3-7H,1-2H3. The zero-order chi connectivity index (χ0) is 11.7. The molecule has 0 bridgehead atoms. The minimum Gasteiger partial charge on any atom is -0.298 e. The molecule has 2 heterocycles. The van der Waals surface area contributed by atoms with E-state index in [1.807, 2.05) is 6.92 Å². The molecule has 0 aromatic carbocycles. The summed E-state index contributed by atoms with van der Waals surface area (Å²) < 4.78 is 3.01. The molecule has 0 N–H and O–H groups in total. The number of carbonyl (C=O) groups is 1. The van der Waals surface area contributed by atoms with Gasteiger partial charge in [-0.05, 0) is 19.1 Å². The number of hydrogen-bond acceptors (Lipinski definition) is 3. The molecule has 0 aliphatic carbocycles. The molecule has 0 fully saturated rings. The quantitative estimate of drug-likeness (QED) is 0.695. The summed E-state index contributed by atoms with van der Waals surface area (Å²) in [6.07, 6.45) is 2.17. The van der Waals surface area contributed by atoms with E-state index in [1.54, 1.807) is 30.1 Å². The highest BCUT2D eigenvalue weighted by Gasteiger charge is 2.08. The molecule has 2 aromatic heterocycles. The molecule has 82 valence electrons. The predicted molar refractivity (Wildman–Crippen MR) is 58.9 cm³/mol. The molecule has 0 saturated heterocycles. The topological polar surface area (TPSA) is 56.9 Å². The second-order valence-corrected chi connectivity index (χ2v) is 3.52. The van der Waals surface area contributed by atoms with Gasteiger partial charge in [-0.2, -0.15) is 5.10 Å². The Hall–Kier alpha value is -2.17. The Morgan fingerprint density at radius 3 is 2.75 bits per heavy atom. The van der Waals surface area contributed by atoms with Crippen LogP contribution < -0.4 is 5.56 Å². The summed E-state index contributed by atoms with van der Waals surface area (Å²) in [6, 6.07) is 4.94. The lowest BCUT2D eigenvalue weighted by Gasteiger charge is -2.05. The fourth-order valence-electron chi connectivity index (χ4n) is 1.60. The van der Waals surface area contributed by atoms with E-state index in [4.69, 9.17) is 0 Å². The molecular weight excluding hydrogens is 206 g/mol. The van der Waals surface area contributed by atoms with Crippen LogP contribution in [0.4, 0.5) is 0 Å². The maximum absolute atomic E-state index is 11.9. The molecular formula is C11H11N3O2. The number of rotatable bonds is 2. The first-order valence-electron chi connectivity index (χ1n) is 4.81. The third kappa shape index (κ3) is 1.56. The van der Waals surface area contributed by atoms with E-state index in [1.165, 1.54) is 10.6 Å². The van der Waals surface area contributed by atoms with Crippen molar-refractivity contribution in [1.29, 1.82) is 0 Å². The number of aryl methyl sites for hydroxylation is 2. The van der Waals surface area contributed by atoms with Gasteiger partial charge in [0, 0.05) is 19.3 Å². The van der Waals surface area contributed by atoms with E-state index in [2.05, 4.69) is 5.10 Å². The maximum Gasteiger partial charge on any atom is 0.266 e. The van der Waals surface area contributed by atoms with Crippen LogP contribution in [0.1, 0.15) is 16.1 Å². The Morgan fingerprint density at radius 2 is 2.19 bits per heavy atom. The van der Waals surface area contributed by atoms with Crippen LogP contribution >= 0.6 is 0 Å². The van der Waals surface area contributed by atoms with Crippen molar-refractivity contribution in [2.75, 3.05) is 0 Å². The van der Waals surface area contributed by atoms with Gasteiger partial charge in [-0.15, -0.1) is 0 Å². The number of hydrogen-bond donors (Lipinski definition) is 0. The first kappa shape index (κ1) is 10.4. The normalized spacial score (nSPS) is 10.4. The smallest absolute Gasteiger partial charge is 0.266 e. The second kappa shape index (κ2) is 3.77. The van der Waals surface area contributed by atoms with Crippen LogP contribution in [0.15, 0.2) is 29.2 Å². The van der Waals surface area contributed by atoms with E-state index in [9.17, 15) is 9.59 Å². The lowest BCUT2D eigenvalue weighted by molar-refractivity contribution is 0.112. The van der Waals surface area contributed by atoms with Gasteiger partial charge in [0.1, 0.15) is 5.82 Å². The molecule has 0 amide bonds. The van der Waals surface area contributed by atoms with Crippen LogP contribution in [0.5, 0.6) is 0 Å². The minimum atomic E-state index is -0.333. The highest BCUT2D eigenvalue weighted by Crippen LogP contribution is 2.06. The van der Waals surface area contributed by atoms with Gasteiger partial charge < -0.3 is 0 Å². The molecule has 0 saturated carbocycles. The highest BCUT2D eigenvalue weighted by molar-refractivity contribution is 5.73. The largest absolute Gasteiger partial charge is 0.298 e. The van der Waals surface area contributed by atoms with Crippen molar-refractivity contribution in [3.8, 4) is 5.82 Å². The Kier molecular flexibility index (Phi) is 2.44. The Balaban J connectivity index is 2.70. The molecule has 0 spiro atoms. The highest BCUT2D eigenvalue weighted by atomic mass is 16.1. The molecule has 0 atom stereocenters. The van der Waals surface area contributed by atoms with Crippen molar-refractivity contribution in [1.82, 2.24) is 14.3 Å². The molecule has 16 heavy (non-hydrogen) atoms. The zero-order valence-electron chi connectivity index (χ0n) is 9.04. The Bertz CT molecular complexity index is 596. The number of nitrogens with zero attached hydrogens (tertiary/aromatic N) is 3. The lowest BCUT2D eigenvalue weighted by atomic mass is 10.3. The van der Waals surface area contributed by atoms with Crippen LogP contribution in [-0.4, -0.2) is 20.6 Å². The second-order valence-electron chi connectivity index (χ2n) is 3.52. The van der Waals surface area contributed by atoms with Gasteiger partial charge in [-0.1, -0.05) is 0 Å². The summed E-state index contributed by atoms with van der Waals surface area (Å²) >= 11 is 0. The molecule has 2 rings (SSSR count). The van der Waals surface area contributed by atoms with Crippen molar-refractivity contribution in [2.24, 2.45) is 7.05 Å². The van der Waals surface area contributed by atoms with Gasteiger partial charge in [0.15, 0.2) is 6.29 Å². The van der Waals surface area contributed by atoms with Gasteiger partial charge in [0.25, 0.3) is 5.56 Å². The van der Waals surface area contributed by atoms with Crippen LogP contribution in [0.25, 0.3) is 5.82 Å². The monoisotopic (exact) mass is 217 g/mol. The summed E-state index contributed by atoms with van der Waals surface area (Å²) in [5.41, 5.74) is 0.628. The van der Waals surface area contributed by atoms with Crippen molar-refractivity contribution >= 4 is 6.29 Å². The Labute approximate surface area is 91.9 Å². The maximum atomic E-state index is 11.9. The summed E-state index contributed by atoms with van der Waals surface area (Å²) in [5, 5.41) is 4.15.